The van der Waals surface area contributed by atoms with Crippen molar-refractivity contribution in [2.24, 2.45) is 0 Å². The molecule has 1 rings (SSSR count). The number of hydrogen-bond acceptors (Lipinski definition) is 4. The first-order valence-electron chi connectivity index (χ1n) is 6.14. The minimum Gasteiger partial charge on any atom is -0.467 e. The summed E-state index contributed by atoms with van der Waals surface area (Å²) in [7, 11) is -0.683. The van der Waals surface area contributed by atoms with E-state index in [1.54, 1.807) is 0 Å². The van der Waals surface area contributed by atoms with Crippen molar-refractivity contribution in [1.82, 2.24) is 5.32 Å². The van der Waals surface area contributed by atoms with Crippen molar-refractivity contribution in [1.29, 1.82) is 0 Å². The van der Waals surface area contributed by atoms with Gasteiger partial charge in [-0.25, -0.2) is 4.79 Å². The normalized spacial score (nSPS) is 24.9. The lowest BCUT2D eigenvalue weighted by Gasteiger charge is -2.37. The van der Waals surface area contributed by atoms with Crippen LogP contribution in [0.5, 0.6) is 0 Å². The van der Waals surface area contributed by atoms with Gasteiger partial charge in [0.15, 0.2) is 8.32 Å². The summed E-state index contributed by atoms with van der Waals surface area (Å²) < 4.78 is 10.6. The minimum atomic E-state index is -2.00. The predicted octanol–water partition coefficient (Wildman–Crippen LogP) is 1.44. The molecule has 1 heterocycles. The van der Waals surface area contributed by atoms with E-state index in [1.807, 2.05) is 0 Å². The van der Waals surface area contributed by atoms with E-state index in [2.05, 4.69) is 43.9 Å². The molecule has 0 radical (unpaired) electrons. The second-order valence-electron chi connectivity index (χ2n) is 6.19. The summed E-state index contributed by atoms with van der Waals surface area (Å²) in [5, 5.41) is 2.65. The third kappa shape index (κ3) is 3.11. The fourth-order valence-corrected chi connectivity index (χ4v) is 2.84. The van der Waals surface area contributed by atoms with E-state index in [9.17, 15) is 9.59 Å². The van der Waals surface area contributed by atoms with Gasteiger partial charge in [0.1, 0.15) is 12.1 Å². The molecule has 0 bridgehead atoms. The van der Waals surface area contributed by atoms with Crippen LogP contribution in [0.4, 0.5) is 0 Å². The average Bonchev–Trinajstić information content (AvgIpc) is 2.57. The molecule has 18 heavy (non-hydrogen) atoms. The zero-order chi connectivity index (χ0) is 14.1. The Hall–Kier alpha value is -0.883. The Morgan fingerprint density at radius 1 is 1.39 bits per heavy atom. The van der Waals surface area contributed by atoms with Gasteiger partial charge in [-0.2, -0.15) is 0 Å². The number of carbonyl (C=O) groups is 2. The fourth-order valence-electron chi connectivity index (χ4n) is 1.58. The summed E-state index contributed by atoms with van der Waals surface area (Å²) in [6.45, 7) is 10.5. The molecule has 2 unspecified atom stereocenters. The number of hydrogen-bond donors (Lipinski definition) is 1. The topological polar surface area (TPSA) is 64.6 Å². The standard InChI is InChI=1S/C12H23NO4Si/c1-12(2,3)18(5,6)17-9-7-8(11(15)16-4)13-10(9)14/h8-9H,7H2,1-6H3,(H,13,14). The smallest absolute Gasteiger partial charge is 0.328 e. The van der Waals surface area contributed by atoms with Crippen molar-refractivity contribution >= 4 is 20.2 Å². The van der Waals surface area contributed by atoms with Crippen LogP contribution < -0.4 is 5.32 Å². The van der Waals surface area contributed by atoms with Gasteiger partial charge in [0.2, 0.25) is 5.91 Å². The Bertz CT molecular complexity index is 348. The third-order valence-electron chi connectivity index (χ3n) is 3.79. The highest BCUT2D eigenvalue weighted by Gasteiger charge is 2.45. The van der Waals surface area contributed by atoms with Crippen LogP contribution in [0.2, 0.25) is 18.1 Å². The van der Waals surface area contributed by atoms with E-state index >= 15 is 0 Å². The summed E-state index contributed by atoms with van der Waals surface area (Å²) in [6.07, 6.45) is -0.173. The summed E-state index contributed by atoms with van der Waals surface area (Å²) >= 11 is 0. The molecule has 104 valence electrons. The Morgan fingerprint density at radius 2 is 1.94 bits per heavy atom. The average molecular weight is 273 g/mol. The van der Waals surface area contributed by atoms with Crippen LogP contribution in [-0.4, -0.2) is 39.4 Å². The van der Waals surface area contributed by atoms with Gasteiger partial charge >= 0.3 is 5.97 Å². The molecule has 5 nitrogen and oxygen atoms in total. The maximum atomic E-state index is 11.8. The van der Waals surface area contributed by atoms with E-state index < -0.39 is 26.4 Å². The number of esters is 1. The van der Waals surface area contributed by atoms with E-state index in [4.69, 9.17) is 4.43 Å². The van der Waals surface area contributed by atoms with Gasteiger partial charge in [-0.05, 0) is 18.1 Å². The quantitative estimate of drug-likeness (QED) is 0.624. The highest BCUT2D eigenvalue weighted by atomic mass is 28.4. The molecule has 1 amide bonds. The van der Waals surface area contributed by atoms with Crippen molar-refractivity contribution in [3.8, 4) is 0 Å². The summed E-state index contributed by atoms with van der Waals surface area (Å²) in [5.74, 6) is -0.625. The van der Waals surface area contributed by atoms with Gasteiger partial charge < -0.3 is 14.5 Å². The zero-order valence-corrected chi connectivity index (χ0v) is 13.0. The molecule has 6 heteroatoms. The summed E-state index contributed by atoms with van der Waals surface area (Å²) in [6, 6.07) is -0.572. The zero-order valence-electron chi connectivity index (χ0n) is 12.0. The number of nitrogens with one attached hydrogen (secondary N) is 1. The molecule has 1 fully saturated rings. The number of rotatable bonds is 3. The van der Waals surface area contributed by atoms with Gasteiger partial charge in [-0.1, -0.05) is 20.8 Å². The molecule has 0 aromatic heterocycles. The molecule has 1 aliphatic heterocycles. The molecule has 0 aliphatic carbocycles. The van der Waals surface area contributed by atoms with Crippen LogP contribution in [0.15, 0.2) is 0 Å². The molecule has 0 aromatic rings. The number of methoxy groups -OCH3 is 1. The van der Waals surface area contributed by atoms with Crippen LogP contribution >= 0.6 is 0 Å². The largest absolute Gasteiger partial charge is 0.467 e. The number of carbonyl (C=O) groups excluding carboxylic acids is 2. The summed E-state index contributed by atoms with van der Waals surface area (Å²) in [5.41, 5.74) is 0. The van der Waals surface area contributed by atoms with E-state index in [-0.39, 0.29) is 10.9 Å². The fraction of sp³-hybridized carbons (Fsp3) is 0.833. The van der Waals surface area contributed by atoms with Crippen molar-refractivity contribution in [2.45, 2.75) is 57.5 Å². The number of ether oxygens (including phenoxy) is 1. The van der Waals surface area contributed by atoms with Crippen LogP contribution in [-0.2, 0) is 18.8 Å². The molecular formula is C12H23NO4Si. The third-order valence-corrected chi connectivity index (χ3v) is 8.27. The lowest BCUT2D eigenvalue weighted by atomic mass is 10.2. The van der Waals surface area contributed by atoms with Crippen LogP contribution in [0.3, 0.4) is 0 Å². The van der Waals surface area contributed by atoms with Gasteiger partial charge in [0.05, 0.1) is 7.11 Å². The molecule has 2 atom stereocenters. The van der Waals surface area contributed by atoms with E-state index in [1.165, 1.54) is 7.11 Å². The molecule has 1 N–H and O–H groups in total. The molecule has 1 aliphatic rings. The van der Waals surface area contributed by atoms with E-state index in [0.29, 0.717) is 6.42 Å². The first-order valence-corrected chi connectivity index (χ1v) is 9.05. The van der Waals surface area contributed by atoms with Crippen molar-refractivity contribution in [3.05, 3.63) is 0 Å². The van der Waals surface area contributed by atoms with Crippen LogP contribution in [0.1, 0.15) is 27.2 Å². The Labute approximate surface area is 109 Å². The highest BCUT2D eigenvalue weighted by molar-refractivity contribution is 6.74. The predicted molar refractivity (Wildman–Crippen MR) is 70.6 cm³/mol. The second-order valence-corrected chi connectivity index (χ2v) is 10.9. The van der Waals surface area contributed by atoms with Crippen LogP contribution in [0, 0.1) is 0 Å². The molecular weight excluding hydrogens is 250 g/mol. The molecule has 1 saturated heterocycles. The monoisotopic (exact) mass is 273 g/mol. The second kappa shape index (κ2) is 5.01. The first-order chi connectivity index (χ1) is 8.08. The van der Waals surface area contributed by atoms with Crippen molar-refractivity contribution in [3.63, 3.8) is 0 Å². The van der Waals surface area contributed by atoms with Gasteiger partial charge in [0, 0.05) is 6.42 Å². The van der Waals surface area contributed by atoms with Gasteiger partial charge in [-0.15, -0.1) is 0 Å². The summed E-state index contributed by atoms with van der Waals surface area (Å²) in [4.78, 5) is 23.2. The minimum absolute atomic E-state index is 0.0383. The Morgan fingerprint density at radius 3 is 2.39 bits per heavy atom. The Balaban J connectivity index is 2.70. The van der Waals surface area contributed by atoms with Gasteiger partial charge in [0.25, 0.3) is 0 Å². The van der Waals surface area contributed by atoms with Crippen molar-refractivity contribution < 1.29 is 18.8 Å². The van der Waals surface area contributed by atoms with Crippen LogP contribution in [0.25, 0.3) is 0 Å². The molecule has 0 saturated carbocycles. The SMILES string of the molecule is COC(=O)C1CC(O[Si](C)(C)C(C)(C)C)C(=O)N1. The maximum absolute atomic E-state index is 11.8. The van der Waals surface area contributed by atoms with E-state index in [0.717, 1.165) is 0 Å². The first kappa shape index (κ1) is 15.2. The lowest BCUT2D eigenvalue weighted by Crippen LogP contribution is -2.45. The Kier molecular flexibility index (Phi) is 4.22. The van der Waals surface area contributed by atoms with Gasteiger partial charge in [-0.3, -0.25) is 4.79 Å². The number of amides is 1. The molecule has 0 aromatic carbocycles. The highest BCUT2D eigenvalue weighted by Crippen LogP contribution is 2.38. The lowest BCUT2D eigenvalue weighted by molar-refractivity contribution is -0.143. The van der Waals surface area contributed by atoms with Crippen molar-refractivity contribution in [2.75, 3.05) is 7.11 Å². The maximum Gasteiger partial charge on any atom is 0.328 e. The molecule has 0 spiro atoms.